The van der Waals surface area contributed by atoms with Crippen LogP contribution in [-0.2, 0) is 0 Å². The van der Waals surface area contributed by atoms with E-state index in [2.05, 4.69) is 9.97 Å². The molecule has 0 bridgehead atoms. The maximum atomic E-state index is 14.2. The Kier molecular flexibility index (Phi) is 4.07. The highest BCUT2D eigenvalue weighted by molar-refractivity contribution is 5.94. The van der Waals surface area contributed by atoms with Crippen molar-refractivity contribution in [3.63, 3.8) is 0 Å². The van der Waals surface area contributed by atoms with E-state index < -0.39 is 10.7 Å². The minimum Gasteiger partial charge on any atom is -0.493 e. The molecule has 0 aliphatic carbocycles. The van der Waals surface area contributed by atoms with E-state index in [0.717, 1.165) is 18.2 Å². The molecule has 0 unspecified atom stereocenters. The molecule has 1 aromatic heterocycles. The number of hydrogen-bond donors (Lipinski definition) is 0. The van der Waals surface area contributed by atoms with Gasteiger partial charge in [0.2, 0.25) is 11.6 Å². The van der Waals surface area contributed by atoms with E-state index >= 15 is 0 Å². The fraction of sp³-hybridized carbons (Fsp3) is 0.176. The van der Waals surface area contributed by atoms with Gasteiger partial charge in [0.05, 0.1) is 23.6 Å². The Morgan fingerprint density at radius 1 is 1.15 bits per heavy atom. The molecular weight excluding hydrogens is 361 g/mol. The zero-order valence-corrected chi connectivity index (χ0v) is 14.0. The smallest absolute Gasteiger partial charge is 0.272 e. The first-order valence-corrected chi connectivity index (χ1v) is 7.81. The highest BCUT2D eigenvalue weighted by Crippen LogP contribution is 2.47. The van der Waals surface area contributed by atoms with E-state index in [0.29, 0.717) is 41.4 Å². The SMILES string of the molecule is COc1cc2ncnc(Oc3ccc([N+](=O)[O-])cc3F)c2c2c1OCCO2. The molecule has 4 rings (SSSR count). The molecule has 27 heavy (non-hydrogen) atoms. The third kappa shape index (κ3) is 2.90. The van der Waals surface area contributed by atoms with Crippen LogP contribution in [0.15, 0.2) is 30.6 Å². The van der Waals surface area contributed by atoms with Gasteiger partial charge in [-0.15, -0.1) is 0 Å². The Balaban J connectivity index is 1.84. The number of fused-ring (bicyclic) bond motifs is 3. The number of nitro benzene ring substituents is 1. The zero-order valence-electron chi connectivity index (χ0n) is 14.0. The van der Waals surface area contributed by atoms with Gasteiger partial charge in [-0.1, -0.05) is 0 Å². The van der Waals surface area contributed by atoms with Gasteiger partial charge in [-0.25, -0.2) is 14.4 Å². The second kappa shape index (κ2) is 6.56. The molecule has 0 amide bonds. The normalized spacial score (nSPS) is 12.7. The van der Waals surface area contributed by atoms with Gasteiger partial charge >= 0.3 is 0 Å². The predicted molar refractivity (Wildman–Crippen MR) is 90.2 cm³/mol. The van der Waals surface area contributed by atoms with Gasteiger partial charge in [-0.3, -0.25) is 10.1 Å². The van der Waals surface area contributed by atoms with E-state index in [1.165, 1.54) is 13.4 Å². The average molecular weight is 373 g/mol. The molecule has 0 fully saturated rings. The molecule has 9 nitrogen and oxygen atoms in total. The van der Waals surface area contributed by atoms with Crippen LogP contribution in [0.2, 0.25) is 0 Å². The lowest BCUT2D eigenvalue weighted by Crippen LogP contribution is -2.16. The van der Waals surface area contributed by atoms with Gasteiger partial charge in [0, 0.05) is 12.1 Å². The van der Waals surface area contributed by atoms with Crippen molar-refractivity contribution in [1.29, 1.82) is 0 Å². The first kappa shape index (κ1) is 16.8. The molecule has 0 saturated heterocycles. The number of benzene rings is 2. The number of aromatic nitrogens is 2. The van der Waals surface area contributed by atoms with Gasteiger partial charge in [0.25, 0.3) is 5.69 Å². The topological polar surface area (TPSA) is 106 Å². The number of ether oxygens (including phenoxy) is 4. The van der Waals surface area contributed by atoms with Crippen LogP contribution in [0.1, 0.15) is 0 Å². The fourth-order valence-electron chi connectivity index (χ4n) is 2.70. The highest BCUT2D eigenvalue weighted by Gasteiger charge is 2.25. The molecule has 2 aromatic carbocycles. The summed E-state index contributed by atoms with van der Waals surface area (Å²) in [6.07, 6.45) is 1.25. The standard InChI is InChI=1S/C17H12FN3O6/c1-24-13-7-11-14(16-15(13)25-4-5-26-16)17(20-8-19-11)27-12-3-2-9(21(22)23)6-10(12)18/h2-3,6-8H,4-5H2,1H3. The van der Waals surface area contributed by atoms with Crippen LogP contribution >= 0.6 is 0 Å². The van der Waals surface area contributed by atoms with E-state index in [-0.39, 0.29) is 17.3 Å². The van der Waals surface area contributed by atoms with Crippen molar-refractivity contribution in [3.05, 3.63) is 46.5 Å². The molecule has 0 N–H and O–H groups in total. The van der Waals surface area contributed by atoms with Crippen molar-refractivity contribution < 1.29 is 28.3 Å². The first-order valence-electron chi connectivity index (χ1n) is 7.81. The molecule has 1 aliphatic rings. The lowest BCUT2D eigenvalue weighted by Gasteiger charge is -2.22. The maximum absolute atomic E-state index is 14.2. The minimum atomic E-state index is -0.893. The van der Waals surface area contributed by atoms with Crippen molar-refractivity contribution in [2.45, 2.75) is 0 Å². The van der Waals surface area contributed by atoms with Crippen LogP contribution in [0.5, 0.6) is 28.9 Å². The molecule has 0 atom stereocenters. The number of non-ortho nitro benzene ring substituents is 1. The predicted octanol–water partition coefficient (Wildman–Crippen LogP) is 3.25. The Labute approximate surface area is 151 Å². The van der Waals surface area contributed by atoms with E-state index in [9.17, 15) is 14.5 Å². The lowest BCUT2D eigenvalue weighted by atomic mass is 10.1. The van der Waals surface area contributed by atoms with Gasteiger partial charge in [-0.05, 0) is 6.07 Å². The van der Waals surface area contributed by atoms with E-state index in [1.54, 1.807) is 6.07 Å². The Morgan fingerprint density at radius 3 is 2.63 bits per heavy atom. The molecule has 0 saturated carbocycles. The van der Waals surface area contributed by atoms with Gasteiger partial charge in [0.15, 0.2) is 23.1 Å². The number of methoxy groups -OCH3 is 1. The Morgan fingerprint density at radius 2 is 1.93 bits per heavy atom. The second-order valence-electron chi connectivity index (χ2n) is 5.48. The average Bonchev–Trinajstić information content (AvgIpc) is 2.68. The van der Waals surface area contributed by atoms with Crippen LogP contribution in [0.3, 0.4) is 0 Å². The van der Waals surface area contributed by atoms with Crippen molar-refractivity contribution in [3.8, 4) is 28.9 Å². The van der Waals surface area contributed by atoms with Crippen LogP contribution in [-0.4, -0.2) is 35.2 Å². The largest absolute Gasteiger partial charge is 0.493 e. The van der Waals surface area contributed by atoms with Crippen LogP contribution in [0.4, 0.5) is 10.1 Å². The summed E-state index contributed by atoms with van der Waals surface area (Å²) in [7, 11) is 1.49. The number of nitrogens with zero attached hydrogens (tertiary/aromatic N) is 3. The number of hydrogen-bond acceptors (Lipinski definition) is 8. The summed E-state index contributed by atoms with van der Waals surface area (Å²) >= 11 is 0. The molecule has 138 valence electrons. The third-order valence-corrected chi connectivity index (χ3v) is 3.90. The fourth-order valence-corrected chi connectivity index (χ4v) is 2.70. The van der Waals surface area contributed by atoms with E-state index in [1.807, 2.05) is 0 Å². The molecule has 10 heteroatoms. The number of rotatable bonds is 4. The maximum Gasteiger partial charge on any atom is 0.272 e. The van der Waals surface area contributed by atoms with Crippen molar-refractivity contribution >= 4 is 16.6 Å². The summed E-state index contributed by atoms with van der Waals surface area (Å²) in [6.45, 7) is 0.644. The summed E-state index contributed by atoms with van der Waals surface area (Å²) in [5, 5.41) is 11.1. The lowest BCUT2D eigenvalue weighted by molar-refractivity contribution is -0.385. The van der Waals surface area contributed by atoms with Crippen LogP contribution in [0, 0.1) is 15.9 Å². The highest BCUT2D eigenvalue weighted by atomic mass is 19.1. The summed E-state index contributed by atoms with van der Waals surface area (Å²) < 4.78 is 36.4. The minimum absolute atomic E-state index is 0.0251. The second-order valence-corrected chi connectivity index (χ2v) is 5.48. The van der Waals surface area contributed by atoms with Gasteiger partial charge in [0.1, 0.15) is 24.9 Å². The van der Waals surface area contributed by atoms with Crippen LogP contribution in [0.25, 0.3) is 10.9 Å². The van der Waals surface area contributed by atoms with E-state index in [4.69, 9.17) is 18.9 Å². The van der Waals surface area contributed by atoms with Crippen molar-refractivity contribution in [2.75, 3.05) is 20.3 Å². The third-order valence-electron chi connectivity index (χ3n) is 3.90. The van der Waals surface area contributed by atoms with Crippen molar-refractivity contribution in [1.82, 2.24) is 9.97 Å². The summed E-state index contributed by atoms with van der Waals surface area (Å²) in [6, 6.07) is 4.70. The monoisotopic (exact) mass is 373 g/mol. The first-order chi connectivity index (χ1) is 13.1. The quantitative estimate of drug-likeness (QED) is 0.507. The molecule has 0 spiro atoms. The molecule has 0 radical (unpaired) electrons. The molecule has 3 aromatic rings. The van der Waals surface area contributed by atoms with Gasteiger partial charge in [-0.2, -0.15) is 0 Å². The molecule has 1 aliphatic heterocycles. The van der Waals surface area contributed by atoms with Gasteiger partial charge < -0.3 is 18.9 Å². The Hall–Kier alpha value is -3.69. The zero-order chi connectivity index (χ0) is 19.0. The molecule has 2 heterocycles. The number of halogens is 1. The summed E-state index contributed by atoms with van der Waals surface area (Å²) in [4.78, 5) is 18.3. The molecular formula is C17H12FN3O6. The Bertz CT molecular complexity index is 1060. The van der Waals surface area contributed by atoms with Crippen molar-refractivity contribution in [2.24, 2.45) is 0 Å². The number of nitro groups is 1. The van der Waals surface area contributed by atoms with Crippen LogP contribution < -0.4 is 18.9 Å². The summed E-state index contributed by atoms with van der Waals surface area (Å²) in [5.41, 5.74) is 0.0645. The summed E-state index contributed by atoms with van der Waals surface area (Å²) in [5.74, 6) is 0.0477.